The fourth-order valence-electron chi connectivity index (χ4n) is 3.73. The van der Waals surface area contributed by atoms with Gasteiger partial charge in [0.05, 0.1) is 35.5 Å². The molecule has 3 rings (SSSR count). The summed E-state index contributed by atoms with van der Waals surface area (Å²) >= 11 is 0. The molecule has 0 fully saturated rings. The highest BCUT2D eigenvalue weighted by Crippen LogP contribution is 2.42. The first-order valence-electron chi connectivity index (χ1n) is 11.7. The van der Waals surface area contributed by atoms with Gasteiger partial charge in [0, 0.05) is 11.1 Å². The Morgan fingerprint density at radius 2 is 0.816 bits per heavy atom. The maximum atomic E-state index is 11.7. The number of carbonyl (C=O) groups is 4. The maximum absolute atomic E-state index is 11.7. The van der Waals surface area contributed by atoms with Crippen LogP contribution in [0.25, 0.3) is 22.3 Å². The lowest BCUT2D eigenvalue weighted by atomic mass is 9.94. The smallest absolute Gasteiger partial charge is 0.335 e. The van der Waals surface area contributed by atoms with Crippen molar-refractivity contribution in [1.29, 1.82) is 0 Å². The Balaban J connectivity index is 2.36. The molecule has 0 heterocycles. The van der Waals surface area contributed by atoms with Gasteiger partial charge in [0.1, 0.15) is 11.5 Å². The molecule has 0 saturated carbocycles. The largest absolute Gasteiger partial charge is 0.493 e. The van der Waals surface area contributed by atoms with Gasteiger partial charge < -0.3 is 29.9 Å². The molecule has 0 aliphatic heterocycles. The molecule has 198 valence electrons. The number of aromatic carboxylic acids is 4. The summed E-state index contributed by atoms with van der Waals surface area (Å²) in [5.41, 5.74) is 0.281. The van der Waals surface area contributed by atoms with Crippen LogP contribution in [0.4, 0.5) is 0 Å². The zero-order valence-electron chi connectivity index (χ0n) is 20.7. The average Bonchev–Trinajstić information content (AvgIpc) is 2.89. The summed E-state index contributed by atoms with van der Waals surface area (Å²) in [6, 6.07) is 10.5. The molecule has 0 aromatic heterocycles. The van der Waals surface area contributed by atoms with E-state index in [-0.39, 0.29) is 58.1 Å². The van der Waals surface area contributed by atoms with E-state index >= 15 is 0 Å². The number of carboxylic acids is 4. The van der Waals surface area contributed by atoms with E-state index in [9.17, 15) is 39.6 Å². The van der Waals surface area contributed by atoms with Crippen LogP contribution in [-0.2, 0) is 0 Å². The molecular formula is C28H26O10. The van der Waals surface area contributed by atoms with Gasteiger partial charge in [0.2, 0.25) is 0 Å². The molecule has 0 unspecified atom stereocenters. The predicted octanol–water partition coefficient (Wildman–Crippen LogP) is 5.39. The van der Waals surface area contributed by atoms with Crippen LogP contribution in [0, 0.1) is 0 Å². The second-order valence-electron chi connectivity index (χ2n) is 8.36. The van der Waals surface area contributed by atoms with Crippen molar-refractivity contribution in [2.24, 2.45) is 0 Å². The van der Waals surface area contributed by atoms with E-state index < -0.39 is 23.9 Å². The molecule has 0 saturated heterocycles. The van der Waals surface area contributed by atoms with Crippen molar-refractivity contribution in [1.82, 2.24) is 0 Å². The molecule has 0 aliphatic rings. The molecule has 0 aliphatic carbocycles. The fourth-order valence-corrected chi connectivity index (χ4v) is 3.73. The summed E-state index contributed by atoms with van der Waals surface area (Å²) in [4.78, 5) is 46.8. The third kappa shape index (κ3) is 6.28. The summed E-state index contributed by atoms with van der Waals surface area (Å²) in [6.07, 6.45) is 1.24. The number of hydrogen-bond acceptors (Lipinski definition) is 6. The molecule has 0 atom stereocenters. The zero-order chi connectivity index (χ0) is 28.0. The molecule has 10 heteroatoms. The molecular weight excluding hydrogens is 496 g/mol. The summed E-state index contributed by atoms with van der Waals surface area (Å²) in [7, 11) is 0. The van der Waals surface area contributed by atoms with Crippen LogP contribution >= 0.6 is 0 Å². The van der Waals surface area contributed by atoms with Gasteiger partial charge in [-0.3, -0.25) is 0 Å². The third-order valence-electron chi connectivity index (χ3n) is 5.48. The van der Waals surface area contributed by atoms with Gasteiger partial charge in [0.15, 0.2) is 0 Å². The van der Waals surface area contributed by atoms with Gasteiger partial charge in [-0.05, 0) is 72.5 Å². The highest BCUT2D eigenvalue weighted by molar-refractivity contribution is 5.98. The van der Waals surface area contributed by atoms with Crippen LogP contribution in [0.15, 0.2) is 48.5 Å². The average molecular weight is 523 g/mol. The van der Waals surface area contributed by atoms with Crippen LogP contribution < -0.4 is 9.47 Å². The zero-order valence-corrected chi connectivity index (χ0v) is 20.7. The Morgan fingerprint density at radius 1 is 0.526 bits per heavy atom. The minimum atomic E-state index is -1.31. The highest BCUT2D eigenvalue weighted by Gasteiger charge is 2.21. The van der Waals surface area contributed by atoms with E-state index in [0.29, 0.717) is 24.0 Å². The van der Waals surface area contributed by atoms with Crippen LogP contribution in [-0.4, -0.2) is 57.5 Å². The Labute approximate surface area is 217 Å². The van der Waals surface area contributed by atoms with Crippen molar-refractivity contribution in [3.63, 3.8) is 0 Å². The molecule has 0 bridgehead atoms. The molecule has 3 aromatic rings. The number of ether oxygens (including phenoxy) is 2. The summed E-state index contributed by atoms with van der Waals surface area (Å²) in [5, 5.41) is 38.1. The second kappa shape index (κ2) is 11.9. The van der Waals surface area contributed by atoms with Gasteiger partial charge >= 0.3 is 23.9 Å². The Bertz CT molecular complexity index is 1240. The van der Waals surface area contributed by atoms with E-state index in [1.807, 2.05) is 13.8 Å². The molecule has 4 N–H and O–H groups in total. The van der Waals surface area contributed by atoms with Crippen molar-refractivity contribution >= 4 is 23.9 Å². The van der Waals surface area contributed by atoms with E-state index in [4.69, 9.17) is 9.47 Å². The Hall–Kier alpha value is -4.86. The molecule has 38 heavy (non-hydrogen) atoms. The quantitative estimate of drug-likeness (QED) is 0.242. The van der Waals surface area contributed by atoms with E-state index in [1.165, 1.54) is 24.3 Å². The molecule has 0 radical (unpaired) electrons. The maximum Gasteiger partial charge on any atom is 0.335 e. The lowest BCUT2D eigenvalue weighted by molar-refractivity contribution is 0.0676. The monoisotopic (exact) mass is 522 g/mol. The molecule has 3 aromatic carbocycles. The molecule has 0 spiro atoms. The topological polar surface area (TPSA) is 168 Å². The van der Waals surface area contributed by atoms with Crippen LogP contribution in [0.1, 0.15) is 68.1 Å². The van der Waals surface area contributed by atoms with Crippen LogP contribution in [0.3, 0.4) is 0 Å². The number of hydrogen-bond donors (Lipinski definition) is 4. The van der Waals surface area contributed by atoms with Gasteiger partial charge in [-0.25, -0.2) is 19.2 Å². The SMILES string of the molecule is CCCOc1cc(-c2cc(C(=O)O)cc(C(=O)O)c2)c(OCCC)cc1-c1cc(C(=O)O)cc(C(=O)O)c1. The van der Waals surface area contributed by atoms with Gasteiger partial charge in [-0.15, -0.1) is 0 Å². The van der Waals surface area contributed by atoms with Crippen molar-refractivity contribution in [2.45, 2.75) is 26.7 Å². The Morgan fingerprint density at radius 3 is 1.05 bits per heavy atom. The van der Waals surface area contributed by atoms with Gasteiger partial charge in [0.25, 0.3) is 0 Å². The number of carboxylic acid groups (broad SMARTS) is 4. The van der Waals surface area contributed by atoms with E-state index in [1.54, 1.807) is 12.1 Å². The Kier molecular flexibility index (Phi) is 8.69. The first-order chi connectivity index (χ1) is 18.0. The van der Waals surface area contributed by atoms with Crippen molar-refractivity contribution in [2.75, 3.05) is 13.2 Å². The van der Waals surface area contributed by atoms with Crippen molar-refractivity contribution in [3.8, 4) is 33.8 Å². The lowest BCUT2D eigenvalue weighted by Crippen LogP contribution is -2.06. The minimum absolute atomic E-state index is 0.235. The molecule has 10 nitrogen and oxygen atoms in total. The van der Waals surface area contributed by atoms with E-state index in [0.717, 1.165) is 12.1 Å². The normalized spacial score (nSPS) is 10.6. The predicted molar refractivity (Wildman–Crippen MR) is 137 cm³/mol. The van der Waals surface area contributed by atoms with Crippen LogP contribution in [0.2, 0.25) is 0 Å². The van der Waals surface area contributed by atoms with Crippen LogP contribution in [0.5, 0.6) is 11.5 Å². The van der Waals surface area contributed by atoms with Gasteiger partial charge in [-0.1, -0.05) is 13.8 Å². The van der Waals surface area contributed by atoms with Crippen molar-refractivity contribution in [3.05, 3.63) is 70.8 Å². The second-order valence-corrected chi connectivity index (χ2v) is 8.36. The third-order valence-corrected chi connectivity index (χ3v) is 5.48. The lowest BCUT2D eigenvalue weighted by Gasteiger charge is -2.19. The summed E-state index contributed by atoms with van der Waals surface area (Å²) < 4.78 is 11.9. The molecule has 0 amide bonds. The first kappa shape index (κ1) is 27.7. The summed E-state index contributed by atoms with van der Waals surface area (Å²) in [6.45, 7) is 4.29. The highest BCUT2D eigenvalue weighted by atomic mass is 16.5. The first-order valence-corrected chi connectivity index (χ1v) is 11.7. The standard InChI is InChI=1S/C28H26O10/c1-3-5-37-23-13-22(16-9-19(27(33)34)12-20(10-16)28(35)36)24(38-6-4-2)14-21(23)15-7-17(25(29)30)11-18(8-15)26(31)32/h7-14H,3-6H2,1-2H3,(H,29,30)(H,31,32)(H,33,34)(H,35,36). The van der Waals surface area contributed by atoms with Gasteiger partial charge in [-0.2, -0.15) is 0 Å². The fraction of sp³-hybridized carbons (Fsp3) is 0.214. The van der Waals surface area contributed by atoms with E-state index in [2.05, 4.69) is 0 Å². The number of benzene rings is 3. The summed E-state index contributed by atoms with van der Waals surface area (Å²) in [5.74, 6) is -4.73. The number of rotatable bonds is 12. The minimum Gasteiger partial charge on any atom is -0.493 e. The van der Waals surface area contributed by atoms with Crippen molar-refractivity contribution < 1.29 is 49.1 Å².